The number of guanidine groups is 1. The Morgan fingerprint density at radius 3 is 2.50 bits per heavy atom. The third-order valence-electron chi connectivity index (χ3n) is 4.67. The zero-order valence-electron chi connectivity index (χ0n) is 18.7. The van der Waals surface area contributed by atoms with E-state index in [0.29, 0.717) is 19.7 Å². The second-order valence-electron chi connectivity index (χ2n) is 6.92. The van der Waals surface area contributed by atoms with Crippen molar-refractivity contribution in [2.45, 2.75) is 19.9 Å². The van der Waals surface area contributed by atoms with Crippen molar-refractivity contribution < 1.29 is 9.47 Å². The standard InChI is InChI=1S/C24H31N5O2.HI/c1-3-25-24(28-16-18-31-22-11-9-21(30-2)10-12-22)27-14-13-23-26-15-17-29(23)19-20-7-5-4-6-8-20;/h4-12,15,17H,3,13-14,16,18-19H2,1-2H3,(H2,25,27,28);1H. The predicted molar refractivity (Wildman–Crippen MR) is 139 cm³/mol. The number of nitrogens with zero attached hydrogens (tertiary/aromatic N) is 3. The van der Waals surface area contributed by atoms with E-state index in [-0.39, 0.29) is 24.0 Å². The van der Waals surface area contributed by atoms with Crippen molar-refractivity contribution in [1.29, 1.82) is 0 Å². The molecular weight excluding hydrogens is 517 g/mol. The van der Waals surface area contributed by atoms with Gasteiger partial charge in [-0.1, -0.05) is 30.3 Å². The number of aromatic nitrogens is 2. The van der Waals surface area contributed by atoms with Crippen molar-refractivity contribution in [3.63, 3.8) is 0 Å². The molecule has 0 aliphatic heterocycles. The molecule has 0 atom stereocenters. The maximum absolute atomic E-state index is 5.76. The molecule has 0 bridgehead atoms. The first kappa shape index (κ1) is 25.5. The molecule has 8 heteroatoms. The summed E-state index contributed by atoms with van der Waals surface area (Å²) < 4.78 is 13.1. The highest BCUT2D eigenvalue weighted by Crippen LogP contribution is 2.16. The quantitative estimate of drug-likeness (QED) is 0.165. The van der Waals surface area contributed by atoms with E-state index < -0.39 is 0 Å². The van der Waals surface area contributed by atoms with Crippen LogP contribution in [0.2, 0.25) is 0 Å². The molecule has 0 spiro atoms. The Balaban J connectivity index is 0.00000363. The molecule has 0 aliphatic rings. The summed E-state index contributed by atoms with van der Waals surface area (Å²) in [6.45, 7) is 5.52. The largest absolute Gasteiger partial charge is 0.497 e. The zero-order valence-corrected chi connectivity index (χ0v) is 21.0. The maximum Gasteiger partial charge on any atom is 0.191 e. The van der Waals surface area contributed by atoms with E-state index in [1.807, 2.05) is 42.7 Å². The van der Waals surface area contributed by atoms with Crippen LogP contribution in [0, 0.1) is 0 Å². The zero-order chi connectivity index (χ0) is 21.7. The van der Waals surface area contributed by atoms with Gasteiger partial charge in [0, 0.05) is 38.4 Å². The first-order valence-corrected chi connectivity index (χ1v) is 10.6. The van der Waals surface area contributed by atoms with Crippen LogP contribution in [0.15, 0.2) is 72.0 Å². The van der Waals surface area contributed by atoms with Crippen molar-refractivity contribution in [1.82, 2.24) is 20.2 Å². The average molecular weight is 549 g/mol. The van der Waals surface area contributed by atoms with Gasteiger partial charge in [0.25, 0.3) is 0 Å². The van der Waals surface area contributed by atoms with Gasteiger partial charge in [-0.25, -0.2) is 4.98 Å². The molecule has 2 aromatic carbocycles. The Hall–Kier alpha value is -2.75. The van der Waals surface area contributed by atoms with E-state index in [1.165, 1.54) is 5.56 Å². The lowest BCUT2D eigenvalue weighted by Crippen LogP contribution is -2.39. The summed E-state index contributed by atoms with van der Waals surface area (Å²) >= 11 is 0. The summed E-state index contributed by atoms with van der Waals surface area (Å²) in [6.07, 6.45) is 4.65. The smallest absolute Gasteiger partial charge is 0.191 e. The number of halogens is 1. The summed E-state index contributed by atoms with van der Waals surface area (Å²) in [5.74, 6) is 3.44. The van der Waals surface area contributed by atoms with Gasteiger partial charge in [0.2, 0.25) is 0 Å². The maximum atomic E-state index is 5.76. The van der Waals surface area contributed by atoms with Gasteiger partial charge in [-0.2, -0.15) is 0 Å². The van der Waals surface area contributed by atoms with E-state index in [9.17, 15) is 0 Å². The van der Waals surface area contributed by atoms with E-state index in [0.717, 1.165) is 42.8 Å². The van der Waals surface area contributed by atoms with Gasteiger partial charge >= 0.3 is 0 Å². The number of imidazole rings is 1. The number of ether oxygens (including phenoxy) is 2. The third-order valence-corrected chi connectivity index (χ3v) is 4.67. The fourth-order valence-corrected chi connectivity index (χ4v) is 3.11. The molecule has 0 fully saturated rings. The van der Waals surface area contributed by atoms with Crippen molar-refractivity contribution in [3.05, 3.63) is 78.4 Å². The van der Waals surface area contributed by atoms with Gasteiger partial charge in [-0.3, -0.25) is 4.99 Å². The predicted octanol–water partition coefficient (Wildman–Crippen LogP) is 3.73. The Morgan fingerprint density at radius 1 is 1.03 bits per heavy atom. The summed E-state index contributed by atoms with van der Waals surface area (Å²) in [7, 11) is 1.65. The minimum Gasteiger partial charge on any atom is -0.497 e. The highest BCUT2D eigenvalue weighted by Gasteiger charge is 2.04. The van der Waals surface area contributed by atoms with Crippen LogP contribution in [-0.4, -0.2) is 48.9 Å². The van der Waals surface area contributed by atoms with Crippen LogP contribution in [0.1, 0.15) is 18.3 Å². The normalized spacial score (nSPS) is 10.9. The summed E-state index contributed by atoms with van der Waals surface area (Å²) in [4.78, 5) is 9.17. The molecule has 0 saturated heterocycles. The van der Waals surface area contributed by atoms with E-state index in [1.54, 1.807) is 7.11 Å². The van der Waals surface area contributed by atoms with Gasteiger partial charge in [-0.05, 0) is 36.8 Å². The number of hydrogen-bond donors (Lipinski definition) is 2. The molecule has 3 rings (SSSR count). The molecule has 3 aromatic rings. The molecule has 172 valence electrons. The minimum absolute atomic E-state index is 0. The highest BCUT2D eigenvalue weighted by molar-refractivity contribution is 14.0. The lowest BCUT2D eigenvalue weighted by atomic mass is 10.2. The van der Waals surface area contributed by atoms with Crippen LogP contribution in [-0.2, 0) is 13.0 Å². The monoisotopic (exact) mass is 549 g/mol. The van der Waals surface area contributed by atoms with Crippen molar-refractivity contribution in [3.8, 4) is 11.5 Å². The van der Waals surface area contributed by atoms with Crippen LogP contribution in [0.5, 0.6) is 11.5 Å². The number of nitrogens with one attached hydrogen (secondary N) is 2. The van der Waals surface area contributed by atoms with Crippen molar-refractivity contribution >= 4 is 29.9 Å². The summed E-state index contributed by atoms with van der Waals surface area (Å²) in [6, 6.07) is 18.0. The molecule has 1 heterocycles. The van der Waals surface area contributed by atoms with E-state index in [4.69, 9.17) is 9.47 Å². The third kappa shape index (κ3) is 8.41. The fraction of sp³-hybridized carbons (Fsp3) is 0.333. The van der Waals surface area contributed by atoms with Crippen molar-refractivity contribution in [2.24, 2.45) is 4.99 Å². The summed E-state index contributed by atoms with van der Waals surface area (Å²) in [5, 5.41) is 6.58. The first-order chi connectivity index (χ1) is 15.3. The minimum atomic E-state index is 0. The van der Waals surface area contributed by atoms with Gasteiger partial charge < -0.3 is 24.7 Å². The number of benzene rings is 2. The number of rotatable bonds is 11. The van der Waals surface area contributed by atoms with Gasteiger partial charge in [0.1, 0.15) is 23.9 Å². The Kier molecular flexibility index (Phi) is 11.4. The topological polar surface area (TPSA) is 72.7 Å². The lowest BCUT2D eigenvalue weighted by molar-refractivity contribution is 0.321. The van der Waals surface area contributed by atoms with Crippen LogP contribution < -0.4 is 20.1 Å². The molecule has 0 aliphatic carbocycles. The molecular formula is C24H32IN5O2. The molecule has 7 nitrogen and oxygen atoms in total. The molecule has 32 heavy (non-hydrogen) atoms. The summed E-state index contributed by atoms with van der Waals surface area (Å²) in [5.41, 5.74) is 1.26. The number of hydrogen-bond acceptors (Lipinski definition) is 4. The van der Waals surface area contributed by atoms with E-state index >= 15 is 0 Å². The molecule has 0 radical (unpaired) electrons. The van der Waals surface area contributed by atoms with E-state index in [2.05, 4.69) is 56.4 Å². The van der Waals surface area contributed by atoms with Crippen molar-refractivity contribution in [2.75, 3.05) is 33.4 Å². The Bertz CT molecular complexity index is 929. The molecule has 0 saturated carbocycles. The van der Waals surface area contributed by atoms with Gasteiger partial charge in [0.15, 0.2) is 5.96 Å². The fourth-order valence-electron chi connectivity index (χ4n) is 3.11. The Morgan fingerprint density at radius 2 is 1.78 bits per heavy atom. The second kappa shape index (κ2) is 14.3. The molecule has 0 amide bonds. The number of aliphatic imine (C=N–C) groups is 1. The molecule has 1 aromatic heterocycles. The van der Waals surface area contributed by atoms with Crippen LogP contribution >= 0.6 is 24.0 Å². The second-order valence-corrected chi connectivity index (χ2v) is 6.92. The number of methoxy groups -OCH3 is 1. The first-order valence-electron chi connectivity index (χ1n) is 10.6. The Labute approximate surface area is 207 Å². The van der Waals surface area contributed by atoms with Crippen LogP contribution in [0.3, 0.4) is 0 Å². The molecule has 2 N–H and O–H groups in total. The van der Waals surface area contributed by atoms with Crippen LogP contribution in [0.25, 0.3) is 0 Å². The highest BCUT2D eigenvalue weighted by atomic mass is 127. The van der Waals surface area contributed by atoms with Crippen LogP contribution in [0.4, 0.5) is 0 Å². The SMILES string of the molecule is CCNC(=NCCc1nccn1Cc1ccccc1)NCCOc1ccc(OC)cc1.I. The lowest BCUT2D eigenvalue weighted by Gasteiger charge is -2.12. The molecule has 0 unspecified atom stereocenters. The van der Waals surface area contributed by atoms with Gasteiger partial charge in [0.05, 0.1) is 13.7 Å². The average Bonchev–Trinajstić information content (AvgIpc) is 3.24. The van der Waals surface area contributed by atoms with Gasteiger partial charge in [-0.15, -0.1) is 24.0 Å².